The number of carbonyl (C=O) groups is 1. The summed E-state index contributed by atoms with van der Waals surface area (Å²) < 4.78 is 19.3. The van der Waals surface area contributed by atoms with Crippen LogP contribution in [0.25, 0.3) is 0 Å². The van der Waals surface area contributed by atoms with E-state index in [1.807, 2.05) is 0 Å². The van der Waals surface area contributed by atoms with Crippen LogP contribution in [0.5, 0.6) is 0 Å². The highest BCUT2D eigenvalue weighted by atomic mass is 79.9. The zero-order chi connectivity index (χ0) is 15.6. The van der Waals surface area contributed by atoms with Gasteiger partial charge in [0.25, 0.3) is 0 Å². The number of rotatable bonds is 3. The van der Waals surface area contributed by atoms with Gasteiger partial charge in [0.05, 0.1) is 15.6 Å². The number of hydrogen-bond acceptors (Lipinski definition) is 3. The molecule has 21 heavy (non-hydrogen) atoms. The van der Waals surface area contributed by atoms with Crippen LogP contribution in [0.1, 0.15) is 15.9 Å². The van der Waals surface area contributed by atoms with Gasteiger partial charge in [0.1, 0.15) is 12.4 Å². The fourth-order valence-electron chi connectivity index (χ4n) is 1.63. The predicted molar refractivity (Wildman–Crippen MR) is 84.1 cm³/mol. The minimum Gasteiger partial charge on any atom is -0.457 e. The van der Waals surface area contributed by atoms with Crippen molar-refractivity contribution in [3.05, 3.63) is 61.8 Å². The van der Waals surface area contributed by atoms with Crippen LogP contribution in [0.15, 0.2) is 34.8 Å². The Morgan fingerprint density at radius 2 is 2.00 bits per heavy atom. The highest BCUT2D eigenvalue weighted by Gasteiger charge is 2.16. The second-order valence-corrected chi connectivity index (χ2v) is 5.88. The minimum atomic E-state index is -0.728. The molecule has 3 nitrogen and oxygen atoms in total. The normalized spacial score (nSPS) is 10.5. The third-order valence-electron chi connectivity index (χ3n) is 2.64. The second-order valence-electron chi connectivity index (χ2n) is 4.18. The first-order valence-electron chi connectivity index (χ1n) is 5.74. The maximum Gasteiger partial charge on any atom is 0.340 e. The van der Waals surface area contributed by atoms with E-state index in [0.717, 1.165) is 0 Å². The molecule has 0 heterocycles. The van der Waals surface area contributed by atoms with Gasteiger partial charge in [-0.15, -0.1) is 0 Å². The predicted octanol–water partition coefficient (Wildman–Crippen LogP) is 4.83. The largest absolute Gasteiger partial charge is 0.457 e. The summed E-state index contributed by atoms with van der Waals surface area (Å²) in [6.07, 6.45) is 0. The molecule has 0 unspecified atom stereocenters. The van der Waals surface area contributed by atoms with Crippen LogP contribution >= 0.6 is 39.1 Å². The van der Waals surface area contributed by atoms with Gasteiger partial charge in [0, 0.05) is 15.7 Å². The summed E-state index contributed by atoms with van der Waals surface area (Å²) in [7, 11) is 0. The number of hydrogen-bond donors (Lipinski definition) is 1. The molecule has 7 heteroatoms. The van der Waals surface area contributed by atoms with Crippen LogP contribution in [0, 0.1) is 5.82 Å². The van der Waals surface area contributed by atoms with Gasteiger partial charge in [-0.05, 0) is 30.3 Å². The smallest absolute Gasteiger partial charge is 0.340 e. The molecule has 2 rings (SSSR count). The van der Waals surface area contributed by atoms with Crippen LogP contribution in [-0.2, 0) is 11.3 Å². The van der Waals surface area contributed by atoms with Crippen molar-refractivity contribution in [2.24, 2.45) is 0 Å². The van der Waals surface area contributed by atoms with E-state index in [4.69, 9.17) is 33.7 Å². The first kappa shape index (κ1) is 16.1. The Labute approximate surface area is 138 Å². The molecule has 0 saturated carbocycles. The third-order valence-corrected chi connectivity index (χ3v) is 3.93. The first-order chi connectivity index (χ1) is 9.88. The summed E-state index contributed by atoms with van der Waals surface area (Å²) >= 11 is 15.0. The molecule has 0 radical (unpaired) electrons. The SMILES string of the molecule is Nc1cc(Cl)c(Cl)c(C(=O)OCc2cc(Br)ccc2F)c1. The Balaban J connectivity index is 2.17. The fourth-order valence-corrected chi connectivity index (χ4v) is 2.46. The average molecular weight is 393 g/mol. The first-order valence-corrected chi connectivity index (χ1v) is 7.29. The average Bonchev–Trinajstić information content (AvgIpc) is 2.43. The van der Waals surface area contributed by atoms with Crippen molar-refractivity contribution in [3.8, 4) is 0 Å². The van der Waals surface area contributed by atoms with Gasteiger partial charge in [-0.25, -0.2) is 9.18 Å². The van der Waals surface area contributed by atoms with Crippen molar-refractivity contribution < 1.29 is 13.9 Å². The molecule has 2 aromatic carbocycles. The van der Waals surface area contributed by atoms with E-state index in [-0.39, 0.29) is 33.5 Å². The van der Waals surface area contributed by atoms with Crippen LogP contribution < -0.4 is 5.73 Å². The Kier molecular flexibility index (Phi) is 5.08. The standard InChI is InChI=1S/C14H9BrCl2FNO2/c15-8-1-2-12(18)7(3-8)6-21-14(20)10-4-9(19)5-11(16)13(10)17/h1-5H,6,19H2. The van der Waals surface area contributed by atoms with Gasteiger partial charge in [0.15, 0.2) is 0 Å². The minimum absolute atomic E-state index is 0.0390. The van der Waals surface area contributed by atoms with E-state index in [1.54, 1.807) is 6.07 Å². The summed E-state index contributed by atoms with van der Waals surface area (Å²) in [6.45, 7) is -0.229. The summed E-state index contributed by atoms with van der Waals surface area (Å²) in [5, 5.41) is 0.197. The van der Waals surface area contributed by atoms with E-state index in [0.29, 0.717) is 4.47 Å². The van der Waals surface area contributed by atoms with Crippen molar-refractivity contribution in [1.82, 2.24) is 0 Å². The molecule has 0 aliphatic carbocycles. The van der Waals surface area contributed by atoms with Crippen molar-refractivity contribution in [2.45, 2.75) is 6.61 Å². The van der Waals surface area contributed by atoms with Crippen LogP contribution in [-0.4, -0.2) is 5.97 Å². The molecule has 110 valence electrons. The number of esters is 1. The van der Waals surface area contributed by atoms with E-state index < -0.39 is 11.8 Å². The number of carbonyl (C=O) groups excluding carboxylic acids is 1. The van der Waals surface area contributed by atoms with Gasteiger partial charge in [-0.2, -0.15) is 0 Å². The number of anilines is 1. The number of halogens is 4. The van der Waals surface area contributed by atoms with Crippen molar-refractivity contribution >= 4 is 50.8 Å². The zero-order valence-corrected chi connectivity index (χ0v) is 13.6. The summed E-state index contributed by atoms with van der Waals surface area (Å²) in [5.74, 6) is -1.20. The highest BCUT2D eigenvalue weighted by molar-refractivity contribution is 9.10. The maximum atomic E-state index is 13.6. The number of nitrogen functional groups attached to an aromatic ring is 1. The van der Waals surface area contributed by atoms with Gasteiger partial charge >= 0.3 is 5.97 Å². The summed E-state index contributed by atoms with van der Waals surface area (Å²) in [5.41, 5.74) is 6.16. The van der Waals surface area contributed by atoms with Crippen molar-refractivity contribution in [2.75, 3.05) is 5.73 Å². The molecule has 0 aliphatic rings. The van der Waals surface area contributed by atoms with E-state index in [2.05, 4.69) is 15.9 Å². The van der Waals surface area contributed by atoms with Gasteiger partial charge in [-0.3, -0.25) is 0 Å². The second kappa shape index (κ2) is 6.64. The molecule has 0 atom stereocenters. The molecular weight excluding hydrogens is 384 g/mol. The lowest BCUT2D eigenvalue weighted by Gasteiger charge is -2.09. The quantitative estimate of drug-likeness (QED) is 0.600. The van der Waals surface area contributed by atoms with Crippen molar-refractivity contribution in [3.63, 3.8) is 0 Å². The maximum absolute atomic E-state index is 13.6. The molecule has 2 aromatic rings. The molecular formula is C14H9BrCl2FNO2. The highest BCUT2D eigenvalue weighted by Crippen LogP contribution is 2.29. The van der Waals surface area contributed by atoms with Crippen molar-refractivity contribution in [1.29, 1.82) is 0 Å². The Bertz CT molecular complexity index is 710. The number of nitrogens with two attached hydrogens (primary N) is 1. The molecule has 0 aliphatic heterocycles. The monoisotopic (exact) mass is 391 g/mol. The third kappa shape index (κ3) is 3.87. The lowest BCUT2D eigenvalue weighted by molar-refractivity contribution is 0.0469. The van der Waals surface area contributed by atoms with E-state index >= 15 is 0 Å². The topological polar surface area (TPSA) is 52.3 Å². The lowest BCUT2D eigenvalue weighted by Crippen LogP contribution is -2.08. The molecule has 0 amide bonds. The van der Waals surface area contributed by atoms with Crippen LogP contribution in [0.3, 0.4) is 0 Å². The van der Waals surface area contributed by atoms with Crippen LogP contribution in [0.4, 0.5) is 10.1 Å². The Morgan fingerprint density at radius 3 is 2.71 bits per heavy atom. The molecule has 0 bridgehead atoms. The Hall–Kier alpha value is -1.30. The number of ether oxygens (including phenoxy) is 1. The summed E-state index contributed by atoms with van der Waals surface area (Å²) in [4.78, 5) is 12.0. The van der Waals surface area contributed by atoms with E-state index in [1.165, 1.54) is 24.3 Å². The molecule has 0 spiro atoms. The summed E-state index contributed by atoms with van der Waals surface area (Å²) in [6, 6.07) is 7.13. The number of benzene rings is 2. The Morgan fingerprint density at radius 1 is 1.29 bits per heavy atom. The molecule has 2 N–H and O–H groups in total. The fraction of sp³-hybridized carbons (Fsp3) is 0.0714. The van der Waals surface area contributed by atoms with Gasteiger partial charge in [0.2, 0.25) is 0 Å². The lowest BCUT2D eigenvalue weighted by atomic mass is 10.2. The van der Waals surface area contributed by atoms with Gasteiger partial charge in [-0.1, -0.05) is 39.1 Å². The van der Waals surface area contributed by atoms with Crippen LogP contribution in [0.2, 0.25) is 10.0 Å². The molecule has 0 aromatic heterocycles. The molecule has 0 saturated heterocycles. The zero-order valence-electron chi connectivity index (χ0n) is 10.5. The van der Waals surface area contributed by atoms with E-state index in [9.17, 15) is 9.18 Å². The molecule has 0 fully saturated rings. The van der Waals surface area contributed by atoms with Gasteiger partial charge < -0.3 is 10.5 Å².